The van der Waals surface area contributed by atoms with Crippen LogP contribution in [-0.2, 0) is 22.9 Å². The number of aryl methyl sites for hydroxylation is 3. The molecule has 0 bridgehead atoms. The maximum atomic E-state index is 11.9. The van der Waals surface area contributed by atoms with Crippen molar-refractivity contribution in [2.45, 2.75) is 26.7 Å². The van der Waals surface area contributed by atoms with Crippen LogP contribution in [0.3, 0.4) is 0 Å². The summed E-state index contributed by atoms with van der Waals surface area (Å²) in [7, 11) is -3.27. The van der Waals surface area contributed by atoms with Gasteiger partial charge < -0.3 is 4.42 Å². The van der Waals surface area contributed by atoms with Gasteiger partial charge in [-0.05, 0) is 18.9 Å². The van der Waals surface area contributed by atoms with E-state index < -0.39 is 10.0 Å². The number of rotatable bonds is 7. The van der Waals surface area contributed by atoms with Gasteiger partial charge in [-0.25, -0.2) is 18.1 Å². The highest BCUT2D eigenvalue weighted by molar-refractivity contribution is 7.89. The van der Waals surface area contributed by atoms with Gasteiger partial charge in [0.15, 0.2) is 5.89 Å². The average molecular weight is 308 g/mol. The molecular formula is C15H20N2O3S. The number of oxazole rings is 1. The van der Waals surface area contributed by atoms with E-state index in [1.807, 2.05) is 37.3 Å². The van der Waals surface area contributed by atoms with Crippen LogP contribution < -0.4 is 4.72 Å². The fourth-order valence-electron chi connectivity index (χ4n) is 2.09. The summed E-state index contributed by atoms with van der Waals surface area (Å²) in [6.07, 6.45) is 1.02. The molecule has 1 aromatic heterocycles. The Morgan fingerprint density at radius 3 is 2.48 bits per heavy atom. The summed E-state index contributed by atoms with van der Waals surface area (Å²) in [6, 6.07) is 9.58. The molecule has 0 aliphatic rings. The van der Waals surface area contributed by atoms with Gasteiger partial charge in [0.25, 0.3) is 0 Å². The molecule has 0 aliphatic heterocycles. The number of benzene rings is 1. The zero-order valence-corrected chi connectivity index (χ0v) is 13.1. The third-order valence-electron chi connectivity index (χ3n) is 3.18. The van der Waals surface area contributed by atoms with E-state index in [1.54, 1.807) is 6.92 Å². The molecule has 0 saturated carbocycles. The maximum absolute atomic E-state index is 11.9. The zero-order chi connectivity index (χ0) is 15.3. The lowest BCUT2D eigenvalue weighted by molar-refractivity contribution is 0.472. The van der Waals surface area contributed by atoms with Crippen LogP contribution in [0, 0.1) is 13.8 Å². The van der Waals surface area contributed by atoms with E-state index in [1.165, 1.54) is 0 Å². The predicted molar refractivity (Wildman–Crippen MR) is 81.6 cm³/mol. The molecule has 0 atom stereocenters. The van der Waals surface area contributed by atoms with Gasteiger partial charge in [-0.2, -0.15) is 0 Å². The topological polar surface area (TPSA) is 72.2 Å². The van der Waals surface area contributed by atoms with E-state index in [2.05, 4.69) is 9.71 Å². The maximum Gasteiger partial charge on any atom is 0.211 e. The highest BCUT2D eigenvalue weighted by atomic mass is 32.2. The van der Waals surface area contributed by atoms with Crippen LogP contribution in [0.5, 0.6) is 0 Å². The molecule has 1 heterocycles. The van der Waals surface area contributed by atoms with Crippen molar-refractivity contribution in [2.75, 3.05) is 12.3 Å². The molecule has 114 valence electrons. The van der Waals surface area contributed by atoms with Gasteiger partial charge in [-0.3, -0.25) is 0 Å². The van der Waals surface area contributed by atoms with Crippen molar-refractivity contribution in [1.29, 1.82) is 0 Å². The fraction of sp³-hybridized carbons (Fsp3) is 0.400. The van der Waals surface area contributed by atoms with Gasteiger partial charge in [0.1, 0.15) is 5.76 Å². The van der Waals surface area contributed by atoms with Gasteiger partial charge in [0.05, 0.1) is 11.4 Å². The molecule has 0 amide bonds. The number of hydrogen-bond acceptors (Lipinski definition) is 4. The lowest BCUT2D eigenvalue weighted by Crippen LogP contribution is -2.29. The Morgan fingerprint density at radius 1 is 1.14 bits per heavy atom. The number of hydrogen-bond donors (Lipinski definition) is 1. The van der Waals surface area contributed by atoms with Gasteiger partial charge in [-0.15, -0.1) is 0 Å². The third kappa shape index (κ3) is 4.99. The number of aromatic nitrogens is 1. The molecular weight excluding hydrogens is 288 g/mol. The standard InChI is InChI=1S/C15H20N2O3S/c1-12-15(20-13(2)17-12)8-10-16-21(18,19)11-9-14-6-4-3-5-7-14/h3-7,16H,8-11H2,1-2H3. The molecule has 0 fully saturated rings. The van der Waals surface area contributed by atoms with Gasteiger partial charge >= 0.3 is 0 Å². The molecule has 2 rings (SSSR count). The van der Waals surface area contributed by atoms with Crippen molar-refractivity contribution in [3.63, 3.8) is 0 Å². The second kappa shape index (κ2) is 6.87. The lowest BCUT2D eigenvalue weighted by Gasteiger charge is -2.06. The SMILES string of the molecule is Cc1nc(C)c(CCNS(=O)(=O)CCc2ccccc2)o1. The Balaban J connectivity index is 1.80. The Morgan fingerprint density at radius 2 is 1.86 bits per heavy atom. The first-order valence-electron chi connectivity index (χ1n) is 6.90. The Bertz CT molecular complexity index is 678. The summed E-state index contributed by atoms with van der Waals surface area (Å²) < 4.78 is 31.9. The van der Waals surface area contributed by atoms with Crippen LogP contribution >= 0.6 is 0 Å². The van der Waals surface area contributed by atoms with E-state index in [0.29, 0.717) is 25.3 Å². The van der Waals surface area contributed by atoms with Gasteiger partial charge in [0.2, 0.25) is 10.0 Å². The fourth-order valence-corrected chi connectivity index (χ4v) is 3.16. The molecule has 5 nitrogen and oxygen atoms in total. The molecule has 0 unspecified atom stereocenters. The molecule has 0 spiro atoms. The predicted octanol–water partition coefficient (Wildman–Crippen LogP) is 2.00. The smallest absolute Gasteiger partial charge is 0.211 e. The summed E-state index contributed by atoms with van der Waals surface area (Å²) >= 11 is 0. The molecule has 0 saturated heterocycles. The minimum Gasteiger partial charge on any atom is -0.446 e. The Kier molecular flexibility index (Phi) is 5.14. The second-order valence-electron chi connectivity index (χ2n) is 4.94. The van der Waals surface area contributed by atoms with Gasteiger partial charge in [-0.1, -0.05) is 30.3 Å². The second-order valence-corrected chi connectivity index (χ2v) is 6.87. The van der Waals surface area contributed by atoms with E-state index in [4.69, 9.17) is 4.42 Å². The Labute approximate surface area is 125 Å². The minimum absolute atomic E-state index is 0.0887. The summed E-state index contributed by atoms with van der Waals surface area (Å²) in [5.41, 5.74) is 1.83. The largest absolute Gasteiger partial charge is 0.446 e. The van der Waals surface area contributed by atoms with Crippen LogP contribution in [0.25, 0.3) is 0 Å². The molecule has 6 heteroatoms. The lowest BCUT2D eigenvalue weighted by atomic mass is 10.2. The van der Waals surface area contributed by atoms with Crippen molar-refractivity contribution in [1.82, 2.24) is 9.71 Å². The van der Waals surface area contributed by atoms with Crippen LogP contribution in [-0.4, -0.2) is 25.7 Å². The van der Waals surface area contributed by atoms with Crippen molar-refractivity contribution in [2.24, 2.45) is 0 Å². The first-order valence-corrected chi connectivity index (χ1v) is 8.56. The normalized spacial score (nSPS) is 11.7. The van der Waals surface area contributed by atoms with Crippen molar-refractivity contribution >= 4 is 10.0 Å². The summed E-state index contributed by atoms with van der Waals surface area (Å²) in [4.78, 5) is 4.16. The highest BCUT2D eigenvalue weighted by Crippen LogP contribution is 2.09. The Hall–Kier alpha value is -1.66. The average Bonchev–Trinajstić information content (AvgIpc) is 2.76. The minimum atomic E-state index is -3.27. The van der Waals surface area contributed by atoms with Crippen LogP contribution in [0.2, 0.25) is 0 Å². The molecule has 0 radical (unpaired) electrons. The number of sulfonamides is 1. The van der Waals surface area contributed by atoms with Crippen molar-refractivity contribution in [3.8, 4) is 0 Å². The molecule has 1 aromatic carbocycles. The summed E-state index contributed by atoms with van der Waals surface area (Å²) in [5, 5.41) is 0. The third-order valence-corrected chi connectivity index (χ3v) is 4.56. The van der Waals surface area contributed by atoms with Crippen LogP contribution in [0.15, 0.2) is 34.7 Å². The number of nitrogens with zero attached hydrogens (tertiary/aromatic N) is 1. The molecule has 1 N–H and O–H groups in total. The van der Waals surface area contributed by atoms with E-state index in [0.717, 1.165) is 17.0 Å². The van der Waals surface area contributed by atoms with E-state index >= 15 is 0 Å². The van der Waals surface area contributed by atoms with Crippen LogP contribution in [0.1, 0.15) is 22.9 Å². The quantitative estimate of drug-likeness (QED) is 0.849. The monoisotopic (exact) mass is 308 g/mol. The zero-order valence-electron chi connectivity index (χ0n) is 12.3. The number of nitrogens with one attached hydrogen (secondary N) is 1. The van der Waals surface area contributed by atoms with Crippen molar-refractivity contribution < 1.29 is 12.8 Å². The molecule has 2 aromatic rings. The van der Waals surface area contributed by atoms with E-state index in [-0.39, 0.29) is 5.75 Å². The summed E-state index contributed by atoms with van der Waals surface area (Å²) in [5.74, 6) is 1.43. The van der Waals surface area contributed by atoms with Crippen molar-refractivity contribution in [3.05, 3.63) is 53.2 Å². The molecule has 0 aliphatic carbocycles. The van der Waals surface area contributed by atoms with Crippen LogP contribution in [0.4, 0.5) is 0 Å². The molecule has 21 heavy (non-hydrogen) atoms. The first kappa shape index (κ1) is 15.7. The van der Waals surface area contributed by atoms with E-state index in [9.17, 15) is 8.42 Å². The van der Waals surface area contributed by atoms with Gasteiger partial charge in [0, 0.05) is 19.9 Å². The first-order chi connectivity index (χ1) is 9.96. The summed E-state index contributed by atoms with van der Waals surface area (Å²) in [6.45, 7) is 3.96. The highest BCUT2D eigenvalue weighted by Gasteiger charge is 2.12.